The van der Waals surface area contributed by atoms with Crippen LogP contribution in [0.2, 0.25) is 0 Å². The summed E-state index contributed by atoms with van der Waals surface area (Å²) in [5.74, 6) is -4.94. The van der Waals surface area contributed by atoms with Crippen LogP contribution in [-0.4, -0.2) is 67.4 Å². The van der Waals surface area contributed by atoms with Crippen LogP contribution in [0.25, 0.3) is 0 Å². The van der Waals surface area contributed by atoms with Crippen molar-refractivity contribution in [3.8, 4) is 0 Å². The molecule has 2 heterocycles. The molecule has 0 radical (unpaired) electrons. The molecule has 2 aliphatic carbocycles. The van der Waals surface area contributed by atoms with Gasteiger partial charge in [-0.1, -0.05) is 0 Å². The van der Waals surface area contributed by atoms with Gasteiger partial charge in [-0.05, 0) is 6.42 Å². The minimum Gasteiger partial charge on any atom is -0.458 e. The molecule has 2 aliphatic heterocycles. The van der Waals surface area contributed by atoms with Crippen molar-refractivity contribution in [3.63, 3.8) is 0 Å². The third-order valence-electron chi connectivity index (χ3n) is 5.36. The number of halogens is 3. The molecule has 6 unspecified atom stereocenters. The molecule has 25 heavy (non-hydrogen) atoms. The standard InChI is InChI=1S/C15H16F3NO6/c16-15(17,18)5-23-13(21)9-6-3-7-10(9)14(22)25-12(7)11(6)24-8(20)4-19-1-2-19/h6-7,9-12H,1-5H2. The number of rotatable bonds is 5. The minimum atomic E-state index is -4.64. The van der Waals surface area contributed by atoms with Gasteiger partial charge in [0.15, 0.2) is 6.61 Å². The van der Waals surface area contributed by atoms with Crippen LogP contribution in [0.3, 0.4) is 0 Å². The number of esters is 3. The highest BCUT2D eigenvalue weighted by atomic mass is 19.4. The second kappa shape index (κ2) is 5.58. The van der Waals surface area contributed by atoms with Gasteiger partial charge in [-0.3, -0.25) is 19.3 Å². The normalized spacial score (nSPS) is 38.6. The van der Waals surface area contributed by atoms with Crippen LogP contribution in [0.5, 0.6) is 0 Å². The number of nitrogens with zero attached hydrogens (tertiary/aromatic N) is 1. The minimum absolute atomic E-state index is 0.112. The van der Waals surface area contributed by atoms with E-state index in [1.807, 2.05) is 4.90 Å². The first-order chi connectivity index (χ1) is 11.7. The summed E-state index contributed by atoms with van der Waals surface area (Å²) in [6.07, 6.45) is -5.67. The first-order valence-corrected chi connectivity index (χ1v) is 8.10. The molecule has 0 aromatic carbocycles. The van der Waals surface area contributed by atoms with Crippen molar-refractivity contribution in [2.45, 2.75) is 24.8 Å². The lowest BCUT2D eigenvalue weighted by molar-refractivity contribution is -0.193. The van der Waals surface area contributed by atoms with Crippen LogP contribution in [0, 0.1) is 23.7 Å². The molecule has 7 nitrogen and oxygen atoms in total. The average molecular weight is 363 g/mol. The van der Waals surface area contributed by atoms with Crippen LogP contribution < -0.4 is 0 Å². The lowest BCUT2D eigenvalue weighted by atomic mass is 9.78. The lowest BCUT2D eigenvalue weighted by Gasteiger charge is -2.30. The summed E-state index contributed by atoms with van der Waals surface area (Å²) in [4.78, 5) is 38.0. The molecule has 138 valence electrons. The summed E-state index contributed by atoms with van der Waals surface area (Å²) in [6, 6.07) is 0. The van der Waals surface area contributed by atoms with E-state index in [2.05, 4.69) is 4.74 Å². The van der Waals surface area contributed by atoms with Crippen LogP contribution in [0.4, 0.5) is 13.2 Å². The monoisotopic (exact) mass is 363 g/mol. The van der Waals surface area contributed by atoms with E-state index in [1.165, 1.54) is 0 Å². The zero-order valence-corrected chi connectivity index (χ0v) is 13.0. The maximum absolute atomic E-state index is 12.3. The van der Waals surface area contributed by atoms with E-state index in [-0.39, 0.29) is 12.5 Å². The summed E-state index contributed by atoms with van der Waals surface area (Å²) in [6.45, 7) is 0.0168. The van der Waals surface area contributed by atoms with Crippen LogP contribution in [0.1, 0.15) is 6.42 Å². The fraction of sp³-hybridized carbons (Fsp3) is 0.800. The van der Waals surface area contributed by atoms with Gasteiger partial charge in [-0.25, -0.2) is 0 Å². The second-order valence-electron chi connectivity index (χ2n) is 6.97. The zero-order chi connectivity index (χ0) is 17.9. The van der Waals surface area contributed by atoms with E-state index in [9.17, 15) is 27.6 Å². The first kappa shape index (κ1) is 16.6. The third-order valence-corrected chi connectivity index (χ3v) is 5.36. The maximum Gasteiger partial charge on any atom is 0.422 e. The molecular formula is C15H16F3NO6. The van der Waals surface area contributed by atoms with Crippen molar-refractivity contribution in [1.82, 2.24) is 4.90 Å². The molecule has 0 spiro atoms. The molecule has 4 rings (SSSR count). The van der Waals surface area contributed by atoms with Gasteiger partial charge >= 0.3 is 24.1 Å². The smallest absolute Gasteiger partial charge is 0.422 e. The average Bonchev–Trinajstić information content (AvgIpc) is 3.06. The Hall–Kier alpha value is -1.84. The van der Waals surface area contributed by atoms with Gasteiger partial charge in [-0.2, -0.15) is 13.2 Å². The van der Waals surface area contributed by atoms with E-state index in [4.69, 9.17) is 9.47 Å². The molecule has 4 aliphatic rings. The molecule has 2 saturated heterocycles. The molecular weight excluding hydrogens is 347 g/mol. The van der Waals surface area contributed by atoms with Crippen molar-refractivity contribution in [2.24, 2.45) is 23.7 Å². The number of hydrogen-bond donors (Lipinski definition) is 0. The predicted molar refractivity (Wildman–Crippen MR) is 71.8 cm³/mol. The van der Waals surface area contributed by atoms with Crippen molar-refractivity contribution in [3.05, 3.63) is 0 Å². The SMILES string of the molecule is O=C(CN1CC1)OC1C2CC3C1OC(=O)C3C2C(=O)OCC(F)(F)F. The Morgan fingerprint density at radius 2 is 1.96 bits per heavy atom. The number of hydrogen-bond acceptors (Lipinski definition) is 7. The van der Waals surface area contributed by atoms with E-state index >= 15 is 0 Å². The van der Waals surface area contributed by atoms with Crippen LogP contribution in [-0.2, 0) is 28.6 Å². The summed E-state index contributed by atoms with van der Waals surface area (Å²) >= 11 is 0. The molecule has 0 N–H and O–H groups in total. The molecule has 6 atom stereocenters. The van der Waals surface area contributed by atoms with Gasteiger partial charge < -0.3 is 14.2 Å². The van der Waals surface area contributed by atoms with Gasteiger partial charge in [0.05, 0.1) is 18.4 Å². The molecule has 0 aromatic rings. The fourth-order valence-corrected chi connectivity index (χ4v) is 4.32. The van der Waals surface area contributed by atoms with Crippen LogP contribution in [0.15, 0.2) is 0 Å². The van der Waals surface area contributed by atoms with Gasteiger partial charge in [0.2, 0.25) is 0 Å². The summed E-state index contributed by atoms with van der Waals surface area (Å²) in [7, 11) is 0. The molecule has 2 saturated carbocycles. The predicted octanol–water partition coefficient (Wildman–Crippen LogP) is 0.127. The lowest BCUT2D eigenvalue weighted by Crippen LogP contribution is -2.44. The fourth-order valence-electron chi connectivity index (χ4n) is 4.32. The van der Waals surface area contributed by atoms with Crippen molar-refractivity contribution in [1.29, 1.82) is 0 Å². The Morgan fingerprint density at radius 3 is 2.60 bits per heavy atom. The highest BCUT2D eigenvalue weighted by molar-refractivity contribution is 5.86. The Labute approximate surface area is 140 Å². The Kier molecular flexibility index (Phi) is 3.71. The molecule has 0 amide bonds. The maximum atomic E-state index is 12.3. The summed E-state index contributed by atoms with van der Waals surface area (Å²) in [5.41, 5.74) is 0. The Morgan fingerprint density at radius 1 is 1.24 bits per heavy atom. The highest BCUT2D eigenvalue weighted by Gasteiger charge is 2.70. The third kappa shape index (κ3) is 2.96. The highest BCUT2D eigenvalue weighted by Crippen LogP contribution is 2.59. The molecule has 2 bridgehead atoms. The number of ether oxygens (including phenoxy) is 3. The van der Waals surface area contributed by atoms with Gasteiger partial charge in [0, 0.05) is 24.9 Å². The summed E-state index contributed by atoms with van der Waals surface area (Å²) in [5, 5.41) is 0. The Bertz CT molecular complexity index is 619. The number of carbonyl (C=O) groups excluding carboxylic acids is 3. The largest absolute Gasteiger partial charge is 0.458 e. The van der Waals surface area contributed by atoms with Crippen molar-refractivity contribution >= 4 is 17.9 Å². The number of alkyl halides is 3. The number of fused-ring (bicyclic) bond motifs is 1. The van der Waals surface area contributed by atoms with Crippen molar-refractivity contribution < 1.29 is 41.8 Å². The van der Waals surface area contributed by atoms with E-state index in [0.29, 0.717) is 6.42 Å². The van der Waals surface area contributed by atoms with Gasteiger partial charge in [-0.15, -0.1) is 0 Å². The Balaban J connectivity index is 1.47. The number of carbonyl (C=O) groups is 3. The summed E-state index contributed by atoms with van der Waals surface area (Å²) < 4.78 is 51.9. The van der Waals surface area contributed by atoms with E-state index in [0.717, 1.165) is 13.1 Å². The molecule has 0 aromatic heterocycles. The van der Waals surface area contributed by atoms with Crippen molar-refractivity contribution in [2.75, 3.05) is 26.2 Å². The van der Waals surface area contributed by atoms with E-state index in [1.54, 1.807) is 0 Å². The molecule has 10 heteroatoms. The zero-order valence-electron chi connectivity index (χ0n) is 13.0. The molecule has 4 fully saturated rings. The second-order valence-corrected chi connectivity index (χ2v) is 6.97. The van der Waals surface area contributed by atoms with E-state index < -0.39 is 60.7 Å². The van der Waals surface area contributed by atoms with Crippen LogP contribution >= 0.6 is 0 Å². The van der Waals surface area contributed by atoms with Gasteiger partial charge in [0.1, 0.15) is 12.2 Å². The topological polar surface area (TPSA) is 81.9 Å². The van der Waals surface area contributed by atoms with Gasteiger partial charge in [0.25, 0.3) is 0 Å². The first-order valence-electron chi connectivity index (χ1n) is 8.10. The quantitative estimate of drug-likeness (QED) is 0.390.